The van der Waals surface area contributed by atoms with E-state index in [2.05, 4.69) is 5.32 Å². The highest BCUT2D eigenvalue weighted by molar-refractivity contribution is 8.01. The van der Waals surface area contributed by atoms with E-state index < -0.39 is 4.87 Å². The van der Waals surface area contributed by atoms with Crippen LogP contribution in [0.2, 0.25) is 0 Å². The molecule has 1 spiro atoms. The molecule has 5 nitrogen and oxygen atoms in total. The van der Waals surface area contributed by atoms with Crippen molar-refractivity contribution in [2.45, 2.75) is 25.3 Å². The van der Waals surface area contributed by atoms with Gasteiger partial charge < -0.3 is 10.2 Å². The Morgan fingerprint density at radius 3 is 2.55 bits per heavy atom. The first kappa shape index (κ1) is 21.5. The molecule has 3 aromatic carbocycles. The number of fused-ring (bicyclic) bond motifs is 2. The van der Waals surface area contributed by atoms with E-state index >= 15 is 0 Å². The second-order valence-electron chi connectivity index (χ2n) is 8.44. The van der Waals surface area contributed by atoms with Crippen molar-refractivity contribution in [1.29, 1.82) is 0 Å². The maximum absolute atomic E-state index is 14.4. The molecule has 1 fully saturated rings. The van der Waals surface area contributed by atoms with Crippen LogP contribution in [0.5, 0.6) is 0 Å². The Balaban J connectivity index is 1.54. The molecule has 33 heavy (non-hydrogen) atoms. The molecule has 3 aromatic rings. The Labute approximate surface area is 196 Å². The summed E-state index contributed by atoms with van der Waals surface area (Å²) in [5, 5.41) is 2.94. The number of amides is 3. The number of carbonyl (C=O) groups is 2. The lowest BCUT2D eigenvalue weighted by molar-refractivity contribution is -0.123. The first-order valence-electron chi connectivity index (χ1n) is 10.9. The predicted molar refractivity (Wildman–Crippen MR) is 130 cm³/mol. The summed E-state index contributed by atoms with van der Waals surface area (Å²) in [6, 6.07) is 19.5. The molecule has 1 unspecified atom stereocenters. The largest absolute Gasteiger partial charge is 0.323 e. The van der Waals surface area contributed by atoms with E-state index in [1.54, 1.807) is 28.0 Å². The molecule has 0 radical (unpaired) electrons. The van der Waals surface area contributed by atoms with E-state index in [1.165, 1.54) is 17.8 Å². The number of benzene rings is 3. The lowest BCUT2D eigenvalue weighted by Gasteiger charge is -2.33. The number of aryl methyl sites for hydroxylation is 2. The van der Waals surface area contributed by atoms with Gasteiger partial charge in [-0.2, -0.15) is 0 Å². The standard InChI is InChI=1S/C26H24FN3O2S/c1-17-7-10-20(11-8-17)28-25(32)30-13-14-33-26(30)21-15-18(2)9-12-23(21)29(24(26)31)16-19-5-3-4-6-22(19)27/h3-12,15H,13-14,16H2,1-2H3,(H,28,32). The third-order valence-corrected chi connectivity index (χ3v) is 7.60. The fourth-order valence-electron chi connectivity index (χ4n) is 4.51. The molecule has 0 saturated carbocycles. The van der Waals surface area contributed by atoms with E-state index in [0.717, 1.165) is 22.4 Å². The van der Waals surface area contributed by atoms with Gasteiger partial charge in [-0.1, -0.05) is 53.6 Å². The Bertz CT molecular complexity index is 1250. The molecule has 1 N–H and O–H groups in total. The number of urea groups is 1. The number of rotatable bonds is 3. The van der Waals surface area contributed by atoms with Crippen LogP contribution in [-0.2, 0) is 16.2 Å². The van der Waals surface area contributed by atoms with Crippen molar-refractivity contribution in [2.75, 3.05) is 22.5 Å². The van der Waals surface area contributed by atoms with Gasteiger partial charge in [-0.05, 0) is 38.1 Å². The van der Waals surface area contributed by atoms with Gasteiger partial charge in [0.1, 0.15) is 5.82 Å². The van der Waals surface area contributed by atoms with E-state index in [-0.39, 0.29) is 24.3 Å². The highest BCUT2D eigenvalue weighted by Crippen LogP contribution is 2.54. The van der Waals surface area contributed by atoms with Gasteiger partial charge in [0, 0.05) is 29.1 Å². The summed E-state index contributed by atoms with van der Waals surface area (Å²) in [5.74, 6) is 0.0643. The topological polar surface area (TPSA) is 52.7 Å². The minimum atomic E-state index is -1.17. The molecule has 168 valence electrons. The molecule has 1 saturated heterocycles. The number of hydrogen-bond donors (Lipinski definition) is 1. The Morgan fingerprint density at radius 2 is 1.79 bits per heavy atom. The Hall–Kier alpha value is -3.32. The van der Waals surface area contributed by atoms with Crippen molar-refractivity contribution in [3.63, 3.8) is 0 Å². The quantitative estimate of drug-likeness (QED) is 0.566. The zero-order chi connectivity index (χ0) is 23.2. The Kier molecular flexibility index (Phi) is 5.37. The summed E-state index contributed by atoms with van der Waals surface area (Å²) in [7, 11) is 0. The molecule has 0 bridgehead atoms. The SMILES string of the molecule is Cc1ccc(NC(=O)N2CCSC23C(=O)N(Cc2ccccc2F)c2ccc(C)cc23)cc1. The van der Waals surface area contributed by atoms with Crippen molar-refractivity contribution in [2.24, 2.45) is 0 Å². The number of nitrogens with zero attached hydrogens (tertiary/aromatic N) is 2. The van der Waals surface area contributed by atoms with Gasteiger partial charge in [0.15, 0.2) is 4.87 Å². The summed E-state index contributed by atoms with van der Waals surface area (Å²) in [6.45, 7) is 4.50. The van der Waals surface area contributed by atoms with Gasteiger partial charge in [0.25, 0.3) is 5.91 Å². The van der Waals surface area contributed by atoms with E-state index in [9.17, 15) is 14.0 Å². The minimum Gasteiger partial charge on any atom is -0.308 e. The van der Waals surface area contributed by atoms with E-state index in [1.807, 2.05) is 56.3 Å². The zero-order valence-corrected chi connectivity index (χ0v) is 19.3. The van der Waals surface area contributed by atoms with Crippen LogP contribution in [0.4, 0.5) is 20.6 Å². The average molecular weight is 462 g/mol. The molecular formula is C26H24FN3O2S. The minimum absolute atomic E-state index is 0.108. The molecule has 5 rings (SSSR count). The van der Waals surface area contributed by atoms with Gasteiger partial charge in [-0.25, -0.2) is 9.18 Å². The highest BCUT2D eigenvalue weighted by atomic mass is 32.2. The van der Waals surface area contributed by atoms with Crippen molar-refractivity contribution in [1.82, 2.24) is 4.90 Å². The predicted octanol–water partition coefficient (Wildman–Crippen LogP) is 5.42. The summed E-state index contributed by atoms with van der Waals surface area (Å²) in [4.78, 5) is 29.4. The summed E-state index contributed by atoms with van der Waals surface area (Å²) in [5.41, 5.74) is 4.71. The summed E-state index contributed by atoms with van der Waals surface area (Å²) in [6.07, 6.45) is 0. The number of thioether (sulfide) groups is 1. The number of hydrogen-bond acceptors (Lipinski definition) is 3. The first-order valence-corrected chi connectivity index (χ1v) is 11.8. The molecule has 3 amide bonds. The third-order valence-electron chi connectivity index (χ3n) is 6.18. The molecule has 2 heterocycles. The highest BCUT2D eigenvalue weighted by Gasteiger charge is 2.59. The zero-order valence-electron chi connectivity index (χ0n) is 18.5. The van der Waals surface area contributed by atoms with Crippen LogP contribution in [0.1, 0.15) is 22.3 Å². The molecule has 2 aliphatic heterocycles. The van der Waals surface area contributed by atoms with Crippen LogP contribution < -0.4 is 10.2 Å². The molecule has 7 heteroatoms. The van der Waals surface area contributed by atoms with Crippen LogP contribution in [0, 0.1) is 19.7 Å². The second kappa shape index (κ2) is 8.23. The van der Waals surface area contributed by atoms with Gasteiger partial charge in [-0.3, -0.25) is 9.69 Å². The maximum Gasteiger partial charge on any atom is 0.323 e. The number of carbonyl (C=O) groups excluding carboxylic acids is 2. The van der Waals surface area contributed by atoms with Crippen molar-refractivity contribution >= 4 is 35.1 Å². The van der Waals surface area contributed by atoms with Crippen LogP contribution >= 0.6 is 11.8 Å². The first-order chi connectivity index (χ1) is 15.9. The van der Waals surface area contributed by atoms with Crippen molar-refractivity contribution in [3.8, 4) is 0 Å². The van der Waals surface area contributed by atoms with Gasteiger partial charge in [0.05, 0.1) is 12.2 Å². The summed E-state index contributed by atoms with van der Waals surface area (Å²) >= 11 is 1.46. The van der Waals surface area contributed by atoms with Crippen molar-refractivity contribution < 1.29 is 14.0 Å². The molecule has 0 aliphatic carbocycles. The fraction of sp³-hybridized carbons (Fsp3) is 0.231. The van der Waals surface area contributed by atoms with Gasteiger partial charge >= 0.3 is 6.03 Å². The lowest BCUT2D eigenvalue weighted by atomic mass is 10.0. The van der Waals surface area contributed by atoms with Crippen LogP contribution in [0.25, 0.3) is 0 Å². The molecule has 2 aliphatic rings. The maximum atomic E-state index is 14.4. The average Bonchev–Trinajstić information content (AvgIpc) is 3.34. The lowest BCUT2D eigenvalue weighted by Crippen LogP contribution is -2.51. The monoisotopic (exact) mass is 461 g/mol. The van der Waals surface area contributed by atoms with Crippen LogP contribution in [0.15, 0.2) is 66.7 Å². The molecule has 1 atom stereocenters. The summed E-state index contributed by atoms with van der Waals surface area (Å²) < 4.78 is 14.4. The number of anilines is 2. The second-order valence-corrected chi connectivity index (χ2v) is 9.73. The smallest absolute Gasteiger partial charge is 0.308 e. The fourth-order valence-corrected chi connectivity index (χ4v) is 5.96. The van der Waals surface area contributed by atoms with Gasteiger partial charge in [0.2, 0.25) is 0 Å². The van der Waals surface area contributed by atoms with E-state index in [4.69, 9.17) is 0 Å². The normalized spacial score (nSPS) is 19.3. The van der Waals surface area contributed by atoms with Gasteiger partial charge in [-0.15, -0.1) is 11.8 Å². The van der Waals surface area contributed by atoms with Crippen LogP contribution in [-0.4, -0.2) is 29.1 Å². The van der Waals surface area contributed by atoms with Crippen molar-refractivity contribution in [3.05, 3.63) is 94.8 Å². The third kappa shape index (κ3) is 3.56. The van der Waals surface area contributed by atoms with Crippen LogP contribution in [0.3, 0.4) is 0 Å². The molecular weight excluding hydrogens is 437 g/mol. The molecule has 0 aromatic heterocycles. The van der Waals surface area contributed by atoms with E-state index in [0.29, 0.717) is 23.5 Å². The number of nitrogens with one attached hydrogen (secondary N) is 1. The Morgan fingerprint density at radius 1 is 1.06 bits per heavy atom. The number of halogens is 1.